The van der Waals surface area contributed by atoms with Crippen LogP contribution in [0.2, 0.25) is 0 Å². The van der Waals surface area contributed by atoms with Crippen molar-refractivity contribution in [1.29, 1.82) is 0 Å². The second-order valence-electron chi connectivity index (χ2n) is 38.6. The van der Waals surface area contributed by atoms with Crippen LogP contribution in [0.15, 0.2) is 218 Å². The summed E-state index contributed by atoms with van der Waals surface area (Å²) >= 11 is 0. The van der Waals surface area contributed by atoms with Crippen LogP contribution in [0.1, 0.15) is 211 Å². The molecule has 0 radical (unpaired) electrons. The first-order chi connectivity index (χ1) is 48.6. The van der Waals surface area contributed by atoms with Crippen molar-refractivity contribution in [3.8, 4) is 11.4 Å². The van der Waals surface area contributed by atoms with Gasteiger partial charge in [-0.3, -0.25) is 0 Å². The van der Waals surface area contributed by atoms with E-state index in [0.717, 1.165) is 62.6 Å². The number of benzene rings is 11. The Morgan fingerprint density at radius 3 is 0.865 bits per heavy atom. The van der Waals surface area contributed by atoms with Gasteiger partial charge in [-0.1, -0.05) is 263 Å². The molecule has 0 atom stereocenters. The summed E-state index contributed by atoms with van der Waals surface area (Å²) in [4.78, 5) is 7.95. The van der Waals surface area contributed by atoms with Crippen molar-refractivity contribution in [1.82, 2.24) is 9.13 Å². The number of hydrogen-bond donors (Lipinski definition) is 0. The highest BCUT2D eigenvalue weighted by atomic mass is 15.2. The van der Waals surface area contributed by atoms with E-state index >= 15 is 0 Å². The van der Waals surface area contributed by atoms with Gasteiger partial charge < -0.3 is 23.8 Å². The third kappa shape index (κ3) is 12.1. The van der Waals surface area contributed by atoms with Crippen molar-refractivity contribution in [2.75, 3.05) is 14.7 Å². The van der Waals surface area contributed by atoms with E-state index in [0.29, 0.717) is 0 Å². The predicted octanol–water partition coefficient (Wildman–Crippen LogP) is 25.8. The van der Waals surface area contributed by atoms with Crippen LogP contribution in [0.3, 0.4) is 0 Å². The highest BCUT2D eigenvalue weighted by Gasteiger charge is 2.46. The van der Waals surface area contributed by atoms with Crippen LogP contribution >= 0.6 is 0 Å². The van der Waals surface area contributed by atoms with Gasteiger partial charge in [-0.25, -0.2) is 0 Å². The molecule has 15 rings (SSSR count). The Hall–Kier alpha value is -9.52. The molecule has 0 saturated heterocycles. The number of aromatic nitrogens is 2. The van der Waals surface area contributed by atoms with Gasteiger partial charge in [-0.2, -0.15) is 0 Å². The summed E-state index contributed by atoms with van der Waals surface area (Å²) < 4.78 is 5.08. The van der Waals surface area contributed by atoms with Crippen LogP contribution in [0, 0.1) is 0 Å². The number of hydrogen-bond acceptors (Lipinski definition) is 3. The Bertz CT molecular complexity index is 5330. The summed E-state index contributed by atoms with van der Waals surface area (Å²) in [6.07, 6.45) is 0. The van der Waals surface area contributed by atoms with E-state index < -0.39 is 0 Å². The minimum absolute atomic E-state index is 0.0448. The fourth-order valence-corrected chi connectivity index (χ4v) is 16.2. The molecule has 0 bridgehead atoms. The molecule has 6 heteroatoms. The summed E-state index contributed by atoms with van der Waals surface area (Å²) in [5.74, 6) is 0. The van der Waals surface area contributed by atoms with Crippen LogP contribution in [0.4, 0.5) is 51.2 Å². The molecule has 0 amide bonds. The molecular formula is C98H108BN5. The van der Waals surface area contributed by atoms with Crippen molar-refractivity contribution in [3.05, 3.63) is 263 Å². The van der Waals surface area contributed by atoms with Gasteiger partial charge in [-0.05, 0) is 226 Å². The first-order valence-electron chi connectivity index (χ1n) is 38.1. The molecule has 0 fully saturated rings. The molecule has 104 heavy (non-hydrogen) atoms. The predicted molar refractivity (Wildman–Crippen MR) is 453 cm³/mol. The lowest BCUT2D eigenvalue weighted by molar-refractivity contribution is 0.568. The molecule has 0 spiro atoms. The van der Waals surface area contributed by atoms with Crippen LogP contribution in [-0.2, 0) is 43.3 Å². The summed E-state index contributed by atoms with van der Waals surface area (Å²) in [6, 6.07) is 86.5. The number of nitrogens with zero attached hydrogens (tertiary/aromatic N) is 5. The smallest absolute Gasteiger partial charge is 0.252 e. The molecule has 0 aliphatic carbocycles. The fraction of sp³-hybridized carbons (Fsp3) is 0.327. The Labute approximate surface area is 621 Å². The van der Waals surface area contributed by atoms with Gasteiger partial charge in [0.15, 0.2) is 0 Å². The Balaban J connectivity index is 1.13. The van der Waals surface area contributed by atoms with Crippen molar-refractivity contribution in [2.45, 2.75) is 209 Å². The first kappa shape index (κ1) is 70.2. The SMILES string of the molecule is CC(C)(C)c1ccc(N(c2ccc(C(C)(C)C)cc2)c2cc3c4c(c2)N(c2cc(C(C)(C)C)cc(C(C)(C)C)c2)c2cc(-n5c6ccc(C(C)(C)C)cc6c6cc(C(C)(C)C)ccc65)ccc2B4c2ccc(-n4c5ccccc5c5ccccc54)cc2N3c2cc(C(C)(C)C)cc(C(C)(C)C)c2)cc1. The Morgan fingerprint density at radius 2 is 0.538 bits per heavy atom. The van der Waals surface area contributed by atoms with E-state index in [2.05, 4.69) is 408 Å². The first-order valence-corrected chi connectivity index (χ1v) is 38.1. The molecule has 0 N–H and O–H groups in total. The topological polar surface area (TPSA) is 19.6 Å². The quantitative estimate of drug-likeness (QED) is 0.148. The average molecular weight is 1370 g/mol. The monoisotopic (exact) mass is 1370 g/mol. The number of anilines is 9. The summed E-state index contributed by atoms with van der Waals surface area (Å²) in [5.41, 5.74) is 30.5. The van der Waals surface area contributed by atoms with E-state index in [1.807, 2.05) is 0 Å². The van der Waals surface area contributed by atoms with E-state index in [-0.39, 0.29) is 50.0 Å². The molecule has 4 heterocycles. The zero-order valence-electron chi connectivity index (χ0n) is 66.6. The van der Waals surface area contributed by atoms with Gasteiger partial charge in [0, 0.05) is 78.4 Å². The minimum atomic E-state index is -0.207. The summed E-state index contributed by atoms with van der Waals surface area (Å²) in [7, 11) is 0. The maximum Gasteiger partial charge on any atom is 0.252 e. The van der Waals surface area contributed by atoms with Crippen molar-refractivity contribution in [2.24, 2.45) is 0 Å². The lowest BCUT2D eigenvalue weighted by Crippen LogP contribution is -2.61. The fourth-order valence-electron chi connectivity index (χ4n) is 16.2. The van der Waals surface area contributed by atoms with Gasteiger partial charge in [0.2, 0.25) is 0 Å². The summed E-state index contributed by atoms with van der Waals surface area (Å²) in [6.45, 7) is 56.3. The molecule has 0 unspecified atom stereocenters. The van der Waals surface area contributed by atoms with E-state index in [1.165, 1.54) is 105 Å². The third-order valence-electron chi connectivity index (χ3n) is 22.7. The molecule has 5 nitrogen and oxygen atoms in total. The standard InChI is InChI=1S/C98H108BN5/c1-91(2,3)61-33-39-69(40-34-61)100(70-41-35-62(36-42-70)92(4,5)6)75-59-88-90-89(60-75)104(74-53-67(97(19,20)21)50-68(54-74)98(22,23)24)87-58-72(102-84-47-37-63(93(7,8)9)55-78(84)79-56-64(94(10,11)12)38-48-85(79)102)44-46-81(87)99(90)80-45-43-71(101-82-31-27-25-29-76(82)77-30-26-28-32-83(77)101)57-86(80)103(88)73-51-65(95(13,14)15)49-66(52-73)96(16,17)18/h25-60H,1-24H3. The molecule has 2 aromatic heterocycles. The molecule has 528 valence electrons. The molecule has 2 aliphatic heterocycles. The van der Waals surface area contributed by atoms with E-state index in [1.54, 1.807) is 0 Å². The normalized spacial score (nSPS) is 13.9. The second kappa shape index (κ2) is 24.0. The average Bonchev–Trinajstić information content (AvgIpc) is 0.758. The van der Waals surface area contributed by atoms with Crippen LogP contribution < -0.4 is 31.1 Å². The lowest BCUT2D eigenvalue weighted by atomic mass is 9.33. The van der Waals surface area contributed by atoms with Gasteiger partial charge >= 0.3 is 0 Å². The Kier molecular flexibility index (Phi) is 16.2. The van der Waals surface area contributed by atoms with Crippen LogP contribution in [-0.4, -0.2) is 15.8 Å². The van der Waals surface area contributed by atoms with Gasteiger partial charge in [0.05, 0.1) is 27.8 Å². The van der Waals surface area contributed by atoms with Gasteiger partial charge in [0.1, 0.15) is 0 Å². The minimum Gasteiger partial charge on any atom is -0.311 e. The van der Waals surface area contributed by atoms with Crippen molar-refractivity contribution < 1.29 is 0 Å². The lowest BCUT2D eigenvalue weighted by Gasteiger charge is -2.46. The Morgan fingerprint density at radius 1 is 0.231 bits per heavy atom. The van der Waals surface area contributed by atoms with Crippen molar-refractivity contribution >= 4 is 118 Å². The number of para-hydroxylation sites is 2. The zero-order valence-corrected chi connectivity index (χ0v) is 66.6. The van der Waals surface area contributed by atoms with Crippen molar-refractivity contribution in [3.63, 3.8) is 0 Å². The molecule has 2 aliphatic rings. The highest BCUT2D eigenvalue weighted by Crippen LogP contribution is 2.52. The summed E-state index contributed by atoms with van der Waals surface area (Å²) in [5, 5.41) is 5.03. The number of fused-ring (bicyclic) bond motifs is 10. The van der Waals surface area contributed by atoms with E-state index in [4.69, 9.17) is 0 Å². The molecule has 0 saturated carbocycles. The zero-order chi connectivity index (χ0) is 74.2. The maximum absolute atomic E-state index is 2.71. The molecular weight excluding hydrogens is 1260 g/mol. The number of rotatable bonds is 7. The van der Waals surface area contributed by atoms with Gasteiger partial charge in [-0.15, -0.1) is 0 Å². The van der Waals surface area contributed by atoms with E-state index in [9.17, 15) is 0 Å². The van der Waals surface area contributed by atoms with Crippen LogP contribution in [0.25, 0.3) is 55.0 Å². The largest absolute Gasteiger partial charge is 0.311 e. The maximum atomic E-state index is 2.71. The molecule has 11 aromatic carbocycles. The second-order valence-corrected chi connectivity index (χ2v) is 38.6. The molecule has 13 aromatic rings. The van der Waals surface area contributed by atoms with Gasteiger partial charge in [0.25, 0.3) is 6.71 Å². The highest BCUT2D eigenvalue weighted by molar-refractivity contribution is 7.00. The van der Waals surface area contributed by atoms with Crippen LogP contribution in [0.5, 0.6) is 0 Å². The third-order valence-corrected chi connectivity index (χ3v) is 22.7.